The topological polar surface area (TPSA) is 55.1 Å². The van der Waals surface area contributed by atoms with Crippen LogP contribution in [0.15, 0.2) is 41.3 Å². The zero-order chi connectivity index (χ0) is 15.4. The van der Waals surface area contributed by atoms with Crippen LogP contribution in [0, 0.1) is 13.8 Å². The Balaban J connectivity index is 2.28. The number of aryl methyl sites for hydroxylation is 2. The van der Waals surface area contributed by atoms with Crippen molar-refractivity contribution in [2.75, 3.05) is 16.8 Å². The number of nitrogens with one attached hydrogen (secondary N) is 1. The molecule has 3 N–H and O–H groups in total. The molecule has 0 spiro atoms. The molecule has 0 aromatic heterocycles. The van der Waals surface area contributed by atoms with Gasteiger partial charge in [-0.25, -0.2) is 0 Å². The Morgan fingerprint density at radius 3 is 2.62 bits per heavy atom. The monoisotopic (exact) mass is 300 g/mol. The van der Waals surface area contributed by atoms with Crippen molar-refractivity contribution in [3.8, 4) is 0 Å². The number of hydrogen-bond acceptors (Lipinski definition) is 3. The van der Waals surface area contributed by atoms with Crippen molar-refractivity contribution in [1.29, 1.82) is 0 Å². The van der Waals surface area contributed by atoms with E-state index in [1.54, 1.807) is 17.8 Å². The minimum atomic E-state index is -0.122. The predicted octanol–water partition coefficient (Wildman–Crippen LogP) is 4.25. The van der Waals surface area contributed by atoms with Gasteiger partial charge in [0.25, 0.3) is 5.91 Å². The molecule has 4 heteroatoms. The van der Waals surface area contributed by atoms with Gasteiger partial charge in [0, 0.05) is 16.1 Å². The Morgan fingerprint density at radius 2 is 1.90 bits per heavy atom. The Bertz CT molecular complexity index is 668. The lowest BCUT2D eigenvalue weighted by atomic mass is 10.0. The summed E-state index contributed by atoms with van der Waals surface area (Å²) in [5.74, 6) is 0.840. The van der Waals surface area contributed by atoms with Crippen LogP contribution in [0.25, 0.3) is 0 Å². The molecule has 0 saturated heterocycles. The van der Waals surface area contributed by atoms with Gasteiger partial charge in [-0.05, 0) is 48.9 Å². The molecule has 2 rings (SSSR count). The van der Waals surface area contributed by atoms with E-state index in [0.717, 1.165) is 27.5 Å². The summed E-state index contributed by atoms with van der Waals surface area (Å²) in [7, 11) is 0. The molecule has 3 nitrogen and oxygen atoms in total. The molecule has 2 aromatic carbocycles. The second kappa shape index (κ2) is 6.68. The van der Waals surface area contributed by atoms with Crippen molar-refractivity contribution in [1.82, 2.24) is 0 Å². The van der Waals surface area contributed by atoms with Crippen LogP contribution in [-0.4, -0.2) is 11.7 Å². The number of benzene rings is 2. The third-order valence-electron chi connectivity index (χ3n) is 3.29. The lowest BCUT2D eigenvalue weighted by Gasteiger charge is -2.12. The van der Waals surface area contributed by atoms with Crippen LogP contribution in [0.4, 0.5) is 11.4 Å². The molecule has 110 valence electrons. The number of carbonyl (C=O) groups excluding carboxylic acids is 1. The van der Waals surface area contributed by atoms with Gasteiger partial charge < -0.3 is 11.1 Å². The van der Waals surface area contributed by atoms with E-state index >= 15 is 0 Å². The van der Waals surface area contributed by atoms with Crippen LogP contribution in [0.5, 0.6) is 0 Å². The maximum atomic E-state index is 12.5. The Hall–Kier alpha value is -1.94. The van der Waals surface area contributed by atoms with Crippen molar-refractivity contribution in [2.24, 2.45) is 0 Å². The number of para-hydroxylation sites is 1. The van der Waals surface area contributed by atoms with Crippen LogP contribution >= 0.6 is 11.8 Å². The van der Waals surface area contributed by atoms with E-state index in [0.29, 0.717) is 11.3 Å². The highest BCUT2D eigenvalue weighted by Gasteiger charge is 2.13. The average Bonchev–Trinajstić information content (AvgIpc) is 2.45. The quantitative estimate of drug-likeness (QED) is 0.655. The summed E-state index contributed by atoms with van der Waals surface area (Å²) in [6, 6.07) is 11.5. The molecule has 0 bridgehead atoms. The molecule has 0 fully saturated rings. The van der Waals surface area contributed by atoms with Gasteiger partial charge >= 0.3 is 0 Å². The normalized spacial score (nSPS) is 10.4. The molecule has 0 heterocycles. The van der Waals surface area contributed by atoms with Crippen molar-refractivity contribution in [2.45, 2.75) is 25.7 Å². The maximum absolute atomic E-state index is 12.5. The van der Waals surface area contributed by atoms with Gasteiger partial charge in [-0.3, -0.25) is 4.79 Å². The smallest absolute Gasteiger partial charge is 0.256 e. The van der Waals surface area contributed by atoms with Gasteiger partial charge in [0.15, 0.2) is 0 Å². The van der Waals surface area contributed by atoms with E-state index in [9.17, 15) is 4.79 Å². The summed E-state index contributed by atoms with van der Waals surface area (Å²) >= 11 is 1.71. The van der Waals surface area contributed by atoms with Crippen LogP contribution in [0.3, 0.4) is 0 Å². The fourth-order valence-corrected chi connectivity index (χ4v) is 2.91. The number of amides is 1. The number of anilines is 2. The van der Waals surface area contributed by atoms with Crippen LogP contribution in [0.2, 0.25) is 0 Å². The number of hydrogen-bond donors (Lipinski definition) is 2. The Morgan fingerprint density at radius 1 is 1.19 bits per heavy atom. The average molecular weight is 300 g/mol. The fourth-order valence-electron chi connectivity index (χ4n) is 2.15. The molecule has 0 radical (unpaired) electrons. The highest BCUT2D eigenvalue weighted by atomic mass is 32.2. The predicted molar refractivity (Wildman–Crippen MR) is 91.1 cm³/mol. The highest BCUT2D eigenvalue weighted by Crippen LogP contribution is 2.27. The minimum absolute atomic E-state index is 0.122. The molecule has 0 atom stereocenters. The number of carbonyl (C=O) groups is 1. The maximum Gasteiger partial charge on any atom is 0.256 e. The third-order valence-corrected chi connectivity index (χ3v) is 4.25. The largest absolute Gasteiger partial charge is 0.398 e. The number of nitrogens with two attached hydrogens (primary N) is 1. The zero-order valence-corrected chi connectivity index (χ0v) is 13.4. The molecule has 0 aliphatic carbocycles. The SMILES string of the molecule is CCSc1ccccc1NC(=O)c1cc(N)c(C)cc1C. The zero-order valence-electron chi connectivity index (χ0n) is 12.6. The van der Waals surface area contributed by atoms with Crippen molar-refractivity contribution in [3.05, 3.63) is 53.1 Å². The van der Waals surface area contributed by atoms with Gasteiger partial charge in [-0.1, -0.05) is 25.1 Å². The first-order valence-electron chi connectivity index (χ1n) is 6.92. The first kappa shape index (κ1) is 15.4. The van der Waals surface area contributed by atoms with Crippen LogP contribution < -0.4 is 11.1 Å². The molecule has 0 aliphatic rings. The summed E-state index contributed by atoms with van der Waals surface area (Å²) in [5, 5.41) is 2.98. The van der Waals surface area contributed by atoms with Gasteiger partial charge in [-0.15, -0.1) is 11.8 Å². The molecular weight excluding hydrogens is 280 g/mol. The number of rotatable bonds is 4. The molecule has 21 heavy (non-hydrogen) atoms. The lowest BCUT2D eigenvalue weighted by Crippen LogP contribution is -2.14. The fraction of sp³-hybridized carbons (Fsp3) is 0.235. The van der Waals surface area contributed by atoms with E-state index in [1.165, 1.54) is 0 Å². The second-order valence-corrected chi connectivity index (χ2v) is 6.21. The molecule has 2 aromatic rings. The summed E-state index contributed by atoms with van der Waals surface area (Å²) in [6.07, 6.45) is 0. The number of nitrogen functional groups attached to an aromatic ring is 1. The van der Waals surface area contributed by atoms with E-state index in [4.69, 9.17) is 5.73 Å². The van der Waals surface area contributed by atoms with E-state index in [-0.39, 0.29) is 5.91 Å². The van der Waals surface area contributed by atoms with Gasteiger partial charge in [-0.2, -0.15) is 0 Å². The standard InChI is InChI=1S/C17H20N2OS/c1-4-21-16-8-6-5-7-15(16)19-17(20)13-10-14(18)12(3)9-11(13)2/h5-10H,4,18H2,1-3H3,(H,19,20). The Labute approximate surface area is 129 Å². The molecule has 1 amide bonds. The molecular formula is C17H20N2OS. The van der Waals surface area contributed by atoms with E-state index in [1.807, 2.05) is 44.2 Å². The second-order valence-electron chi connectivity index (χ2n) is 4.91. The summed E-state index contributed by atoms with van der Waals surface area (Å²) < 4.78 is 0. The summed E-state index contributed by atoms with van der Waals surface area (Å²) in [6.45, 7) is 5.96. The van der Waals surface area contributed by atoms with Gasteiger partial charge in [0.05, 0.1) is 5.69 Å². The number of thioether (sulfide) groups is 1. The van der Waals surface area contributed by atoms with Crippen LogP contribution in [0.1, 0.15) is 28.4 Å². The Kier molecular flexibility index (Phi) is 4.91. The molecule has 0 aliphatic heterocycles. The van der Waals surface area contributed by atoms with E-state index < -0.39 is 0 Å². The summed E-state index contributed by atoms with van der Waals surface area (Å²) in [5.41, 5.74) is 9.94. The van der Waals surface area contributed by atoms with Gasteiger partial charge in [0.2, 0.25) is 0 Å². The first-order chi connectivity index (χ1) is 10.0. The van der Waals surface area contributed by atoms with E-state index in [2.05, 4.69) is 12.2 Å². The lowest BCUT2D eigenvalue weighted by molar-refractivity contribution is 0.102. The summed E-state index contributed by atoms with van der Waals surface area (Å²) in [4.78, 5) is 13.6. The molecule has 0 unspecified atom stereocenters. The van der Waals surface area contributed by atoms with Crippen molar-refractivity contribution in [3.63, 3.8) is 0 Å². The minimum Gasteiger partial charge on any atom is -0.398 e. The highest BCUT2D eigenvalue weighted by molar-refractivity contribution is 7.99. The van der Waals surface area contributed by atoms with Crippen LogP contribution in [-0.2, 0) is 0 Å². The third kappa shape index (κ3) is 3.58. The first-order valence-corrected chi connectivity index (χ1v) is 7.91. The van der Waals surface area contributed by atoms with Crippen molar-refractivity contribution >= 4 is 29.0 Å². The van der Waals surface area contributed by atoms with Gasteiger partial charge in [0.1, 0.15) is 0 Å². The molecule has 0 saturated carbocycles. The van der Waals surface area contributed by atoms with Crippen molar-refractivity contribution < 1.29 is 4.79 Å².